The Morgan fingerprint density at radius 1 is 0.645 bits per heavy atom. The monoisotopic (exact) mass is 420 g/mol. The number of nitrogens with zero attached hydrogens (tertiary/aromatic N) is 2. The number of para-hydroxylation sites is 2. The van der Waals surface area contributed by atoms with Crippen LogP contribution in [0.5, 0.6) is 0 Å². The van der Waals surface area contributed by atoms with Gasteiger partial charge in [0.25, 0.3) is 23.2 Å². The zero-order valence-corrected chi connectivity index (χ0v) is 15.9. The summed E-state index contributed by atoms with van der Waals surface area (Å²) in [7, 11) is 0. The summed E-state index contributed by atoms with van der Waals surface area (Å²) >= 11 is 0. The van der Waals surface area contributed by atoms with Crippen molar-refractivity contribution < 1.29 is 19.4 Å². The number of hydrogen-bond acceptors (Lipinski definition) is 6. The van der Waals surface area contributed by atoms with Crippen molar-refractivity contribution in [2.75, 3.05) is 0 Å². The fourth-order valence-electron chi connectivity index (χ4n) is 2.92. The van der Waals surface area contributed by atoms with Crippen LogP contribution in [0.2, 0.25) is 0 Å². The molecule has 0 aliphatic carbocycles. The van der Waals surface area contributed by atoms with Gasteiger partial charge in [0.05, 0.1) is 9.85 Å². The third kappa shape index (κ3) is 4.88. The third-order valence-corrected chi connectivity index (χ3v) is 4.37. The summed E-state index contributed by atoms with van der Waals surface area (Å²) in [6.07, 6.45) is -1.10. The van der Waals surface area contributed by atoms with Crippen molar-refractivity contribution in [2.24, 2.45) is 0 Å². The van der Waals surface area contributed by atoms with E-state index in [4.69, 9.17) is 0 Å². The van der Waals surface area contributed by atoms with E-state index in [0.717, 1.165) is 0 Å². The lowest BCUT2D eigenvalue weighted by Crippen LogP contribution is -2.41. The van der Waals surface area contributed by atoms with Crippen LogP contribution in [0, 0.1) is 20.2 Å². The Kier molecular flexibility index (Phi) is 6.31. The van der Waals surface area contributed by atoms with Crippen molar-refractivity contribution in [3.8, 4) is 0 Å². The first-order chi connectivity index (χ1) is 14.9. The lowest BCUT2D eigenvalue weighted by atomic mass is 10.1. The standard InChI is InChI=1S/C21H16N4O6/c26-20(15-10-4-6-12-17(15)24(28)29)22-19(14-8-2-1-3-9-14)23-21(27)16-11-5-7-13-18(16)25(30)31/h1-13,19H,(H,22,26)(H,23,27). The third-order valence-electron chi connectivity index (χ3n) is 4.37. The fraction of sp³-hybridized carbons (Fsp3) is 0.0476. The van der Waals surface area contributed by atoms with Crippen LogP contribution >= 0.6 is 0 Å². The molecule has 0 saturated carbocycles. The molecule has 0 aliphatic heterocycles. The van der Waals surface area contributed by atoms with Crippen molar-refractivity contribution in [3.63, 3.8) is 0 Å². The van der Waals surface area contributed by atoms with E-state index in [1.165, 1.54) is 48.5 Å². The van der Waals surface area contributed by atoms with E-state index >= 15 is 0 Å². The molecule has 156 valence electrons. The normalized spacial score (nSPS) is 10.4. The van der Waals surface area contributed by atoms with Gasteiger partial charge in [-0.2, -0.15) is 0 Å². The molecule has 3 aromatic rings. The first-order valence-corrected chi connectivity index (χ1v) is 9.02. The molecule has 0 bridgehead atoms. The number of amides is 2. The highest BCUT2D eigenvalue weighted by Gasteiger charge is 2.26. The van der Waals surface area contributed by atoms with Gasteiger partial charge in [-0.3, -0.25) is 29.8 Å². The minimum absolute atomic E-state index is 0.187. The number of benzene rings is 3. The molecule has 2 amide bonds. The van der Waals surface area contributed by atoms with Gasteiger partial charge >= 0.3 is 0 Å². The Labute approximate surface area is 175 Å². The number of rotatable bonds is 7. The number of nitro benzene ring substituents is 2. The van der Waals surface area contributed by atoms with Crippen molar-refractivity contribution in [3.05, 3.63) is 116 Å². The predicted molar refractivity (Wildman–Crippen MR) is 110 cm³/mol. The van der Waals surface area contributed by atoms with E-state index in [2.05, 4.69) is 10.6 Å². The van der Waals surface area contributed by atoms with Crippen LogP contribution < -0.4 is 10.6 Å². The van der Waals surface area contributed by atoms with E-state index in [1.54, 1.807) is 30.3 Å². The summed E-state index contributed by atoms with van der Waals surface area (Å²) in [6, 6.07) is 19.1. The second-order valence-electron chi connectivity index (χ2n) is 6.34. The first-order valence-electron chi connectivity index (χ1n) is 9.02. The lowest BCUT2D eigenvalue weighted by molar-refractivity contribution is -0.385. The smallest absolute Gasteiger partial charge is 0.282 e. The second kappa shape index (κ2) is 9.27. The van der Waals surface area contributed by atoms with Gasteiger partial charge in [0.1, 0.15) is 17.3 Å². The summed E-state index contributed by atoms with van der Waals surface area (Å²) in [5, 5.41) is 27.6. The molecular formula is C21H16N4O6. The van der Waals surface area contributed by atoms with Crippen LogP contribution in [0.15, 0.2) is 78.9 Å². The van der Waals surface area contributed by atoms with Crippen LogP contribution in [-0.2, 0) is 0 Å². The van der Waals surface area contributed by atoms with Crippen LogP contribution in [0.4, 0.5) is 11.4 Å². The van der Waals surface area contributed by atoms with Gasteiger partial charge in [-0.25, -0.2) is 0 Å². The lowest BCUT2D eigenvalue weighted by Gasteiger charge is -2.21. The van der Waals surface area contributed by atoms with Crippen LogP contribution in [0.1, 0.15) is 32.4 Å². The first kappa shape index (κ1) is 21.1. The van der Waals surface area contributed by atoms with Gasteiger partial charge < -0.3 is 10.6 Å². The molecule has 0 heterocycles. The quantitative estimate of drug-likeness (QED) is 0.341. The maximum atomic E-state index is 12.8. The number of nitrogens with one attached hydrogen (secondary N) is 2. The maximum Gasteiger partial charge on any atom is 0.282 e. The second-order valence-corrected chi connectivity index (χ2v) is 6.34. The van der Waals surface area contributed by atoms with Crippen molar-refractivity contribution in [1.82, 2.24) is 10.6 Å². The van der Waals surface area contributed by atoms with E-state index in [9.17, 15) is 29.8 Å². The molecule has 10 heteroatoms. The topological polar surface area (TPSA) is 144 Å². The summed E-state index contributed by atoms with van der Waals surface area (Å²) in [6.45, 7) is 0. The van der Waals surface area contributed by atoms with Crippen LogP contribution in [-0.4, -0.2) is 21.7 Å². The summed E-state index contributed by atoms with van der Waals surface area (Å²) in [5.74, 6) is -1.58. The molecule has 0 unspecified atom stereocenters. The molecular weight excluding hydrogens is 404 g/mol. The number of carbonyl (C=O) groups is 2. The average Bonchev–Trinajstić information content (AvgIpc) is 2.79. The molecule has 0 spiro atoms. The van der Waals surface area contributed by atoms with E-state index in [-0.39, 0.29) is 11.1 Å². The Balaban J connectivity index is 1.92. The summed E-state index contributed by atoms with van der Waals surface area (Å²) in [5.41, 5.74) is -0.684. The Morgan fingerprint density at radius 3 is 1.45 bits per heavy atom. The summed E-state index contributed by atoms with van der Waals surface area (Å²) < 4.78 is 0. The summed E-state index contributed by atoms with van der Waals surface area (Å²) in [4.78, 5) is 46.7. The zero-order chi connectivity index (χ0) is 22.4. The molecule has 0 aromatic heterocycles. The number of carbonyl (C=O) groups excluding carboxylic acids is 2. The van der Waals surface area contributed by atoms with Crippen LogP contribution in [0.25, 0.3) is 0 Å². The molecule has 2 N–H and O–H groups in total. The molecule has 0 saturated heterocycles. The van der Waals surface area contributed by atoms with Crippen molar-refractivity contribution in [2.45, 2.75) is 6.17 Å². The van der Waals surface area contributed by atoms with Crippen molar-refractivity contribution >= 4 is 23.2 Å². The molecule has 0 aliphatic rings. The minimum atomic E-state index is -1.10. The Bertz CT molecular complexity index is 1080. The van der Waals surface area contributed by atoms with E-state index < -0.39 is 39.2 Å². The van der Waals surface area contributed by atoms with Gasteiger partial charge in [0, 0.05) is 12.1 Å². The predicted octanol–water partition coefficient (Wildman–Crippen LogP) is 3.36. The molecule has 0 atom stereocenters. The molecule has 10 nitrogen and oxygen atoms in total. The molecule has 3 aromatic carbocycles. The fourth-order valence-corrected chi connectivity index (χ4v) is 2.92. The van der Waals surface area contributed by atoms with Crippen LogP contribution in [0.3, 0.4) is 0 Å². The van der Waals surface area contributed by atoms with Gasteiger partial charge in [0.15, 0.2) is 0 Å². The molecule has 31 heavy (non-hydrogen) atoms. The molecule has 0 radical (unpaired) electrons. The SMILES string of the molecule is O=C(NC(NC(=O)c1ccccc1[N+](=O)[O-])c1ccccc1)c1ccccc1[N+](=O)[O-]. The minimum Gasteiger partial charge on any atom is -0.328 e. The largest absolute Gasteiger partial charge is 0.328 e. The highest BCUT2D eigenvalue weighted by atomic mass is 16.6. The van der Waals surface area contributed by atoms with E-state index in [1.807, 2.05) is 0 Å². The Morgan fingerprint density at radius 2 is 1.03 bits per heavy atom. The van der Waals surface area contributed by atoms with Gasteiger partial charge in [-0.05, 0) is 17.7 Å². The average molecular weight is 420 g/mol. The van der Waals surface area contributed by atoms with Gasteiger partial charge in [-0.15, -0.1) is 0 Å². The number of hydrogen-bond donors (Lipinski definition) is 2. The molecule has 3 rings (SSSR count). The highest BCUT2D eigenvalue weighted by molar-refractivity contribution is 6.00. The van der Waals surface area contributed by atoms with E-state index in [0.29, 0.717) is 5.56 Å². The van der Waals surface area contributed by atoms with Gasteiger partial charge in [-0.1, -0.05) is 54.6 Å². The molecule has 0 fully saturated rings. The highest BCUT2D eigenvalue weighted by Crippen LogP contribution is 2.21. The van der Waals surface area contributed by atoms with Gasteiger partial charge in [0.2, 0.25) is 0 Å². The Hall–Kier alpha value is -4.60. The number of nitro groups is 2. The van der Waals surface area contributed by atoms with Crippen molar-refractivity contribution in [1.29, 1.82) is 0 Å². The maximum absolute atomic E-state index is 12.8. The zero-order valence-electron chi connectivity index (χ0n) is 15.9.